The maximum absolute atomic E-state index is 12.2. The van der Waals surface area contributed by atoms with Crippen molar-refractivity contribution < 1.29 is 13.2 Å². The molecule has 1 unspecified atom stereocenters. The molecule has 1 aromatic carbocycles. The van der Waals surface area contributed by atoms with Crippen LogP contribution in [0, 0.1) is 0 Å². The summed E-state index contributed by atoms with van der Waals surface area (Å²) in [7, 11) is -2.20. The van der Waals surface area contributed by atoms with E-state index in [1.807, 2.05) is 6.92 Å². The Morgan fingerprint density at radius 2 is 2.17 bits per heavy atom. The Balaban J connectivity index is 3.15. The summed E-state index contributed by atoms with van der Waals surface area (Å²) in [5.41, 5.74) is 5.50. The molecule has 5 nitrogen and oxygen atoms in total. The van der Waals surface area contributed by atoms with Gasteiger partial charge < -0.3 is 10.5 Å². The highest BCUT2D eigenvalue weighted by Gasteiger charge is 2.22. The van der Waals surface area contributed by atoms with Crippen molar-refractivity contribution in [1.29, 1.82) is 0 Å². The van der Waals surface area contributed by atoms with Gasteiger partial charge in [-0.2, -0.15) is 0 Å². The van der Waals surface area contributed by atoms with Crippen LogP contribution >= 0.6 is 15.9 Å². The number of rotatable bonds is 6. The lowest BCUT2D eigenvalue weighted by molar-refractivity contribution is 0.401. The number of benzene rings is 1. The molecule has 0 amide bonds. The van der Waals surface area contributed by atoms with Crippen molar-refractivity contribution in [3.05, 3.63) is 22.7 Å². The van der Waals surface area contributed by atoms with Crippen molar-refractivity contribution in [1.82, 2.24) is 4.72 Å². The van der Waals surface area contributed by atoms with Crippen LogP contribution < -0.4 is 15.2 Å². The largest absolute Gasteiger partial charge is 0.495 e. The number of hydrogen-bond acceptors (Lipinski definition) is 4. The normalized spacial score (nSPS) is 13.3. The average Bonchev–Trinajstić information content (AvgIpc) is 2.36. The molecular weight excluding hydrogens is 320 g/mol. The summed E-state index contributed by atoms with van der Waals surface area (Å²) >= 11 is 3.25. The Bertz CT molecular complexity index is 501. The van der Waals surface area contributed by atoms with Crippen LogP contribution in [0.4, 0.5) is 0 Å². The molecular formula is C11H17BrN2O3S. The van der Waals surface area contributed by atoms with E-state index < -0.39 is 10.0 Å². The molecule has 0 aliphatic rings. The first-order valence-electron chi connectivity index (χ1n) is 5.50. The standard InChI is InChI=1S/C11H17BrN2O3S/c1-3-9(7-13)14-18(15,16)11-6-8(12)4-5-10(11)17-2/h4-6,9,14H,3,7,13H2,1-2H3. The summed E-state index contributed by atoms with van der Waals surface area (Å²) in [4.78, 5) is 0.103. The SMILES string of the molecule is CCC(CN)NS(=O)(=O)c1cc(Br)ccc1OC. The highest BCUT2D eigenvalue weighted by molar-refractivity contribution is 9.10. The number of hydrogen-bond donors (Lipinski definition) is 2. The Morgan fingerprint density at radius 3 is 2.67 bits per heavy atom. The van der Waals surface area contributed by atoms with Gasteiger partial charge in [-0.25, -0.2) is 13.1 Å². The van der Waals surface area contributed by atoms with E-state index in [2.05, 4.69) is 20.7 Å². The molecule has 1 aromatic rings. The predicted molar refractivity (Wildman–Crippen MR) is 74.1 cm³/mol. The number of ether oxygens (including phenoxy) is 1. The quantitative estimate of drug-likeness (QED) is 0.824. The Morgan fingerprint density at radius 1 is 1.50 bits per heavy atom. The molecule has 0 spiro atoms. The van der Waals surface area contributed by atoms with Crippen LogP contribution in [0.5, 0.6) is 5.75 Å². The van der Waals surface area contributed by atoms with E-state index in [-0.39, 0.29) is 17.5 Å². The molecule has 0 aliphatic carbocycles. The summed E-state index contributed by atoms with van der Waals surface area (Å²) in [6, 6.07) is 4.54. The summed E-state index contributed by atoms with van der Waals surface area (Å²) in [5.74, 6) is 0.303. The van der Waals surface area contributed by atoms with Gasteiger partial charge in [-0.1, -0.05) is 22.9 Å². The highest BCUT2D eigenvalue weighted by atomic mass is 79.9. The molecule has 0 saturated heterocycles. The van der Waals surface area contributed by atoms with Crippen molar-refractivity contribution in [3.8, 4) is 5.75 Å². The van der Waals surface area contributed by atoms with Crippen LogP contribution in [0.3, 0.4) is 0 Å². The average molecular weight is 337 g/mol. The summed E-state index contributed by atoms with van der Waals surface area (Å²) in [6.07, 6.45) is 0.631. The van der Waals surface area contributed by atoms with Crippen LogP contribution in [-0.4, -0.2) is 28.1 Å². The second-order valence-corrected chi connectivity index (χ2v) is 6.36. The van der Waals surface area contributed by atoms with Crippen LogP contribution in [0.25, 0.3) is 0 Å². The van der Waals surface area contributed by atoms with E-state index in [0.29, 0.717) is 16.6 Å². The zero-order chi connectivity index (χ0) is 13.8. The zero-order valence-corrected chi connectivity index (χ0v) is 12.7. The minimum Gasteiger partial charge on any atom is -0.495 e. The molecule has 0 heterocycles. The minimum absolute atomic E-state index is 0.103. The van der Waals surface area contributed by atoms with Gasteiger partial charge in [-0.05, 0) is 24.6 Å². The first kappa shape index (κ1) is 15.4. The number of nitrogens with one attached hydrogen (secondary N) is 1. The van der Waals surface area contributed by atoms with E-state index in [1.165, 1.54) is 13.2 Å². The van der Waals surface area contributed by atoms with Gasteiger partial charge in [0.2, 0.25) is 10.0 Å². The van der Waals surface area contributed by atoms with Gasteiger partial charge in [0.15, 0.2) is 0 Å². The smallest absolute Gasteiger partial charge is 0.244 e. The van der Waals surface area contributed by atoms with Gasteiger partial charge in [-0.3, -0.25) is 0 Å². The van der Waals surface area contributed by atoms with Crippen molar-refractivity contribution in [2.24, 2.45) is 5.73 Å². The van der Waals surface area contributed by atoms with E-state index >= 15 is 0 Å². The van der Waals surface area contributed by atoms with Gasteiger partial charge in [0, 0.05) is 17.1 Å². The molecule has 0 fully saturated rings. The van der Waals surface area contributed by atoms with Crippen molar-refractivity contribution >= 4 is 26.0 Å². The van der Waals surface area contributed by atoms with Gasteiger partial charge in [0.25, 0.3) is 0 Å². The molecule has 1 atom stereocenters. The van der Waals surface area contributed by atoms with E-state index in [1.54, 1.807) is 12.1 Å². The van der Waals surface area contributed by atoms with Gasteiger partial charge in [0.05, 0.1) is 7.11 Å². The Kier molecular flexibility index (Phi) is 5.58. The van der Waals surface area contributed by atoms with E-state index in [9.17, 15) is 8.42 Å². The molecule has 7 heteroatoms. The number of halogens is 1. The molecule has 0 saturated carbocycles. The maximum atomic E-state index is 12.2. The first-order chi connectivity index (χ1) is 8.44. The molecule has 102 valence electrons. The number of nitrogens with two attached hydrogens (primary N) is 1. The highest BCUT2D eigenvalue weighted by Crippen LogP contribution is 2.27. The topological polar surface area (TPSA) is 81.4 Å². The van der Waals surface area contributed by atoms with Crippen LogP contribution in [0.15, 0.2) is 27.6 Å². The zero-order valence-electron chi connectivity index (χ0n) is 10.3. The van der Waals surface area contributed by atoms with E-state index in [0.717, 1.165) is 0 Å². The molecule has 3 N–H and O–H groups in total. The monoisotopic (exact) mass is 336 g/mol. The third-order valence-corrected chi connectivity index (χ3v) is 4.55. The fourth-order valence-corrected chi connectivity index (χ4v) is 3.48. The lowest BCUT2D eigenvalue weighted by atomic mass is 10.2. The second kappa shape index (κ2) is 6.51. The third kappa shape index (κ3) is 3.68. The fourth-order valence-electron chi connectivity index (χ4n) is 1.44. The van der Waals surface area contributed by atoms with Crippen LogP contribution in [0.2, 0.25) is 0 Å². The molecule has 0 aromatic heterocycles. The molecule has 0 bridgehead atoms. The lowest BCUT2D eigenvalue weighted by Gasteiger charge is -2.16. The van der Waals surface area contributed by atoms with Crippen molar-refractivity contribution in [2.45, 2.75) is 24.3 Å². The Labute approximate surface area is 116 Å². The maximum Gasteiger partial charge on any atom is 0.244 e. The third-order valence-electron chi connectivity index (χ3n) is 2.51. The number of methoxy groups -OCH3 is 1. The second-order valence-electron chi connectivity index (χ2n) is 3.76. The van der Waals surface area contributed by atoms with Gasteiger partial charge >= 0.3 is 0 Å². The van der Waals surface area contributed by atoms with Crippen molar-refractivity contribution in [3.63, 3.8) is 0 Å². The Hall–Kier alpha value is -0.630. The first-order valence-corrected chi connectivity index (χ1v) is 7.78. The molecule has 18 heavy (non-hydrogen) atoms. The molecule has 0 aliphatic heterocycles. The fraction of sp³-hybridized carbons (Fsp3) is 0.455. The summed E-state index contributed by atoms with van der Waals surface area (Å²) < 4.78 is 32.7. The minimum atomic E-state index is -3.63. The molecule has 0 radical (unpaired) electrons. The van der Waals surface area contributed by atoms with Gasteiger partial charge in [-0.15, -0.1) is 0 Å². The van der Waals surface area contributed by atoms with E-state index in [4.69, 9.17) is 10.5 Å². The van der Waals surface area contributed by atoms with Crippen molar-refractivity contribution in [2.75, 3.05) is 13.7 Å². The summed E-state index contributed by atoms with van der Waals surface area (Å²) in [6.45, 7) is 2.13. The van der Waals surface area contributed by atoms with Crippen LogP contribution in [-0.2, 0) is 10.0 Å². The summed E-state index contributed by atoms with van der Waals surface area (Å²) in [5, 5.41) is 0. The van der Waals surface area contributed by atoms with Crippen LogP contribution in [0.1, 0.15) is 13.3 Å². The molecule has 1 rings (SSSR count). The lowest BCUT2D eigenvalue weighted by Crippen LogP contribution is -2.39. The van der Waals surface area contributed by atoms with Gasteiger partial charge in [0.1, 0.15) is 10.6 Å². The predicted octanol–water partition coefficient (Wildman–Crippen LogP) is 1.47. The number of sulfonamides is 1.